The highest BCUT2D eigenvalue weighted by molar-refractivity contribution is 6.03. The summed E-state index contributed by atoms with van der Waals surface area (Å²) in [6.45, 7) is 0. The van der Waals surface area contributed by atoms with Crippen LogP contribution in [0.1, 0.15) is 16.1 Å². The highest BCUT2D eigenvalue weighted by atomic mass is 16.6. The summed E-state index contributed by atoms with van der Waals surface area (Å²) in [7, 11) is 0. The third kappa shape index (κ3) is 3.57. The van der Waals surface area contributed by atoms with Gasteiger partial charge in [-0.3, -0.25) is 19.7 Å². The molecule has 1 heterocycles. The van der Waals surface area contributed by atoms with Crippen LogP contribution in [0.4, 0.5) is 5.69 Å². The van der Waals surface area contributed by atoms with Crippen LogP contribution in [0.25, 0.3) is 6.08 Å². The van der Waals surface area contributed by atoms with E-state index in [4.69, 9.17) is 10.2 Å². The Hall–Kier alpha value is -3.42. The minimum absolute atomic E-state index is 0.00573. The quantitative estimate of drug-likeness (QED) is 0.490. The molecule has 2 amide bonds. The fourth-order valence-corrected chi connectivity index (χ4v) is 1.66. The van der Waals surface area contributed by atoms with Gasteiger partial charge in [-0.15, -0.1) is 0 Å². The van der Waals surface area contributed by atoms with Crippen molar-refractivity contribution in [3.63, 3.8) is 0 Å². The minimum Gasteiger partial charge on any atom is -0.459 e. The highest BCUT2D eigenvalue weighted by Gasteiger charge is 2.14. The van der Waals surface area contributed by atoms with E-state index in [1.165, 1.54) is 48.7 Å². The molecule has 0 saturated heterocycles. The maximum Gasteiger partial charge on any atom is 0.291 e. The molecule has 3 N–H and O–H groups in total. The molecule has 0 fully saturated rings. The summed E-state index contributed by atoms with van der Waals surface area (Å²) in [4.78, 5) is 33.4. The number of hydrogen-bond donors (Lipinski definition) is 2. The van der Waals surface area contributed by atoms with Crippen LogP contribution in [0.3, 0.4) is 0 Å². The Morgan fingerprint density at radius 2 is 2.05 bits per heavy atom. The van der Waals surface area contributed by atoms with Gasteiger partial charge >= 0.3 is 0 Å². The van der Waals surface area contributed by atoms with E-state index in [1.54, 1.807) is 0 Å². The van der Waals surface area contributed by atoms with Gasteiger partial charge in [0.1, 0.15) is 5.70 Å². The molecule has 0 aliphatic heterocycles. The molecule has 22 heavy (non-hydrogen) atoms. The van der Waals surface area contributed by atoms with Crippen LogP contribution in [0.15, 0.2) is 52.8 Å². The van der Waals surface area contributed by atoms with Crippen LogP contribution in [0.2, 0.25) is 0 Å². The van der Waals surface area contributed by atoms with Crippen LogP contribution in [-0.2, 0) is 4.79 Å². The lowest BCUT2D eigenvalue weighted by atomic mass is 10.1. The molecule has 1 aromatic carbocycles. The van der Waals surface area contributed by atoms with Crippen LogP contribution in [0.5, 0.6) is 0 Å². The summed E-state index contributed by atoms with van der Waals surface area (Å²) in [5.74, 6) is -1.53. The second kappa shape index (κ2) is 6.35. The lowest BCUT2D eigenvalue weighted by molar-refractivity contribution is -0.384. The molecule has 0 radical (unpaired) electrons. The van der Waals surface area contributed by atoms with Gasteiger partial charge in [-0.2, -0.15) is 0 Å². The number of amides is 2. The third-order valence-electron chi connectivity index (χ3n) is 2.65. The van der Waals surface area contributed by atoms with E-state index in [-0.39, 0.29) is 17.1 Å². The number of hydrogen-bond acceptors (Lipinski definition) is 5. The zero-order valence-electron chi connectivity index (χ0n) is 11.2. The molecule has 1 aromatic heterocycles. The number of benzene rings is 1. The lowest BCUT2D eigenvalue weighted by Gasteiger charge is -2.05. The van der Waals surface area contributed by atoms with Crippen LogP contribution >= 0.6 is 0 Å². The Kier molecular flexibility index (Phi) is 4.33. The maximum atomic E-state index is 11.8. The Balaban J connectivity index is 2.27. The van der Waals surface area contributed by atoms with Gasteiger partial charge in [0.25, 0.3) is 17.5 Å². The number of rotatable bonds is 5. The number of furan rings is 1. The van der Waals surface area contributed by atoms with Gasteiger partial charge in [0.15, 0.2) is 5.76 Å². The largest absolute Gasteiger partial charge is 0.459 e. The second-order valence-corrected chi connectivity index (χ2v) is 4.21. The number of primary amides is 1. The van der Waals surface area contributed by atoms with E-state index < -0.39 is 16.7 Å². The van der Waals surface area contributed by atoms with Crippen molar-refractivity contribution in [2.24, 2.45) is 5.73 Å². The Labute approximate surface area is 124 Å². The predicted octanol–water partition coefficient (Wildman–Crippen LogP) is 1.44. The first-order valence-electron chi connectivity index (χ1n) is 6.08. The summed E-state index contributed by atoms with van der Waals surface area (Å²) < 4.78 is 4.90. The number of nitro groups is 1. The van der Waals surface area contributed by atoms with Crippen molar-refractivity contribution in [3.8, 4) is 0 Å². The Morgan fingerprint density at radius 1 is 1.27 bits per heavy atom. The summed E-state index contributed by atoms with van der Waals surface area (Å²) in [5.41, 5.74) is 5.20. The number of nitrogens with two attached hydrogens (primary N) is 1. The molecule has 8 nitrogen and oxygen atoms in total. The van der Waals surface area contributed by atoms with Crippen molar-refractivity contribution in [2.75, 3.05) is 0 Å². The molecule has 0 bridgehead atoms. The number of carbonyl (C=O) groups is 2. The highest BCUT2D eigenvalue weighted by Crippen LogP contribution is 2.15. The van der Waals surface area contributed by atoms with Gasteiger partial charge in [0, 0.05) is 12.1 Å². The molecule has 8 heteroatoms. The zero-order chi connectivity index (χ0) is 16.1. The maximum absolute atomic E-state index is 11.8. The van der Waals surface area contributed by atoms with Crippen molar-refractivity contribution in [1.82, 2.24) is 5.32 Å². The molecular formula is C14H11N3O5. The average molecular weight is 301 g/mol. The average Bonchev–Trinajstić information content (AvgIpc) is 3.01. The molecule has 0 spiro atoms. The molecule has 2 aromatic rings. The van der Waals surface area contributed by atoms with Crippen molar-refractivity contribution >= 4 is 23.6 Å². The van der Waals surface area contributed by atoms with E-state index in [0.717, 1.165) is 0 Å². The summed E-state index contributed by atoms with van der Waals surface area (Å²) >= 11 is 0. The fraction of sp³-hybridized carbons (Fsp3) is 0. The van der Waals surface area contributed by atoms with E-state index in [2.05, 4.69) is 5.32 Å². The summed E-state index contributed by atoms with van der Waals surface area (Å²) in [6.07, 6.45) is 2.55. The SMILES string of the molecule is NC(=O)C(=Cc1cccc([N+](=O)[O-])c1)NC(=O)c1ccco1. The van der Waals surface area contributed by atoms with Gasteiger partial charge < -0.3 is 15.5 Å². The van der Waals surface area contributed by atoms with Gasteiger partial charge in [0.05, 0.1) is 11.2 Å². The monoisotopic (exact) mass is 301 g/mol. The predicted molar refractivity (Wildman–Crippen MR) is 76.4 cm³/mol. The zero-order valence-corrected chi connectivity index (χ0v) is 11.2. The number of nitro benzene ring substituents is 1. The van der Waals surface area contributed by atoms with Crippen molar-refractivity contribution < 1.29 is 18.9 Å². The first-order valence-corrected chi connectivity index (χ1v) is 6.08. The van der Waals surface area contributed by atoms with E-state index in [0.29, 0.717) is 5.56 Å². The number of nitrogens with zero attached hydrogens (tertiary/aromatic N) is 1. The van der Waals surface area contributed by atoms with Crippen molar-refractivity contribution in [3.05, 3.63) is 69.8 Å². The van der Waals surface area contributed by atoms with Crippen LogP contribution in [0, 0.1) is 10.1 Å². The number of carbonyl (C=O) groups excluding carboxylic acids is 2. The van der Waals surface area contributed by atoms with E-state index >= 15 is 0 Å². The van der Waals surface area contributed by atoms with E-state index in [9.17, 15) is 19.7 Å². The molecule has 0 unspecified atom stereocenters. The summed E-state index contributed by atoms with van der Waals surface area (Å²) in [5, 5.41) is 13.0. The summed E-state index contributed by atoms with van der Waals surface area (Å²) in [6, 6.07) is 8.49. The number of non-ortho nitro benzene ring substituents is 1. The van der Waals surface area contributed by atoms with Gasteiger partial charge in [-0.1, -0.05) is 12.1 Å². The minimum atomic E-state index is -0.883. The van der Waals surface area contributed by atoms with Crippen molar-refractivity contribution in [2.45, 2.75) is 0 Å². The third-order valence-corrected chi connectivity index (χ3v) is 2.65. The Morgan fingerprint density at radius 3 is 2.64 bits per heavy atom. The topological polar surface area (TPSA) is 128 Å². The smallest absolute Gasteiger partial charge is 0.291 e. The molecule has 0 aliphatic rings. The van der Waals surface area contributed by atoms with Crippen molar-refractivity contribution in [1.29, 1.82) is 0 Å². The molecule has 0 aliphatic carbocycles. The molecule has 0 atom stereocenters. The lowest BCUT2D eigenvalue weighted by Crippen LogP contribution is -2.30. The van der Waals surface area contributed by atoms with Crippen LogP contribution < -0.4 is 11.1 Å². The van der Waals surface area contributed by atoms with Gasteiger partial charge in [-0.25, -0.2) is 0 Å². The number of nitrogens with one attached hydrogen (secondary N) is 1. The van der Waals surface area contributed by atoms with Gasteiger partial charge in [0.2, 0.25) is 0 Å². The van der Waals surface area contributed by atoms with E-state index in [1.807, 2.05) is 0 Å². The second-order valence-electron chi connectivity index (χ2n) is 4.21. The molecular weight excluding hydrogens is 290 g/mol. The first-order chi connectivity index (χ1) is 10.5. The first kappa shape index (κ1) is 15.0. The van der Waals surface area contributed by atoms with Crippen LogP contribution in [-0.4, -0.2) is 16.7 Å². The standard InChI is InChI=1S/C14H11N3O5/c15-13(18)11(16-14(19)12-5-2-6-22-12)8-9-3-1-4-10(7-9)17(20)21/h1-8H,(H2,15,18)(H,16,19). The molecule has 2 rings (SSSR count). The normalized spacial score (nSPS) is 11.0. The molecule has 112 valence electrons. The molecule has 0 saturated carbocycles. The fourth-order valence-electron chi connectivity index (χ4n) is 1.66. The van der Waals surface area contributed by atoms with Gasteiger partial charge in [-0.05, 0) is 23.8 Å². The Bertz CT molecular complexity index is 750.